The molecule has 0 spiro atoms. The van der Waals surface area contributed by atoms with Crippen molar-refractivity contribution in [1.82, 2.24) is 9.47 Å². The van der Waals surface area contributed by atoms with Crippen molar-refractivity contribution in [1.29, 1.82) is 0 Å². The lowest BCUT2D eigenvalue weighted by atomic mass is 9.83. The Morgan fingerprint density at radius 2 is 2.00 bits per heavy atom. The predicted octanol–water partition coefficient (Wildman–Crippen LogP) is 2.18. The Morgan fingerprint density at radius 3 is 2.83 bits per heavy atom. The number of aromatic nitrogens is 1. The standard InChI is InChI=1S/C19H22N2O3/c1-24-17-6-2-4-14(19(17)23)11-20-9-13-8-15(12-20)16-5-3-7-18(22)21(16)10-13/h2-7,13,15,23H,8-12H2,1H3. The van der Waals surface area contributed by atoms with Gasteiger partial charge < -0.3 is 14.4 Å². The van der Waals surface area contributed by atoms with Crippen LogP contribution in [0, 0.1) is 5.92 Å². The van der Waals surface area contributed by atoms with Crippen molar-refractivity contribution in [2.24, 2.45) is 5.92 Å². The summed E-state index contributed by atoms with van der Waals surface area (Å²) in [5, 5.41) is 10.3. The van der Waals surface area contributed by atoms with E-state index < -0.39 is 0 Å². The monoisotopic (exact) mass is 326 g/mol. The zero-order valence-corrected chi connectivity index (χ0v) is 13.8. The van der Waals surface area contributed by atoms with Crippen LogP contribution in [-0.2, 0) is 13.1 Å². The number of phenols is 1. The van der Waals surface area contributed by atoms with Crippen LogP contribution >= 0.6 is 0 Å². The molecular weight excluding hydrogens is 304 g/mol. The molecule has 0 aliphatic carbocycles. The zero-order valence-electron chi connectivity index (χ0n) is 13.8. The van der Waals surface area contributed by atoms with Gasteiger partial charge in [-0.3, -0.25) is 9.69 Å². The number of hydrogen-bond acceptors (Lipinski definition) is 4. The summed E-state index contributed by atoms with van der Waals surface area (Å²) in [5.74, 6) is 1.62. The molecule has 0 radical (unpaired) electrons. The third-order valence-corrected chi connectivity index (χ3v) is 5.25. The van der Waals surface area contributed by atoms with Gasteiger partial charge in [0, 0.05) is 49.4 Å². The van der Waals surface area contributed by atoms with Crippen molar-refractivity contribution in [3.05, 3.63) is 58.0 Å². The predicted molar refractivity (Wildman–Crippen MR) is 91.5 cm³/mol. The molecule has 1 N–H and O–H groups in total. The number of aromatic hydroxyl groups is 1. The molecule has 2 aliphatic rings. The van der Waals surface area contributed by atoms with Gasteiger partial charge >= 0.3 is 0 Å². The second-order valence-electron chi connectivity index (χ2n) is 6.86. The highest BCUT2D eigenvalue weighted by molar-refractivity contribution is 5.45. The number of pyridine rings is 1. The molecule has 4 rings (SSSR count). The van der Waals surface area contributed by atoms with Crippen LogP contribution in [0.25, 0.3) is 0 Å². The van der Waals surface area contributed by atoms with E-state index in [-0.39, 0.29) is 11.3 Å². The Hall–Kier alpha value is -2.27. The van der Waals surface area contributed by atoms with Crippen LogP contribution < -0.4 is 10.3 Å². The molecule has 0 amide bonds. The number of methoxy groups -OCH3 is 1. The molecular formula is C19H22N2O3. The molecule has 2 aromatic rings. The molecule has 2 atom stereocenters. The number of rotatable bonds is 3. The molecule has 5 heteroatoms. The lowest BCUT2D eigenvalue weighted by Gasteiger charge is -2.42. The van der Waals surface area contributed by atoms with Crippen LogP contribution in [0.4, 0.5) is 0 Å². The van der Waals surface area contributed by atoms with Crippen molar-refractivity contribution >= 4 is 0 Å². The first-order valence-electron chi connectivity index (χ1n) is 8.42. The van der Waals surface area contributed by atoms with E-state index in [1.165, 1.54) is 0 Å². The van der Waals surface area contributed by atoms with Crippen LogP contribution in [0.2, 0.25) is 0 Å². The fourth-order valence-corrected chi connectivity index (χ4v) is 4.23. The highest BCUT2D eigenvalue weighted by atomic mass is 16.5. The molecule has 126 valence electrons. The van der Waals surface area contributed by atoms with Gasteiger partial charge in [-0.15, -0.1) is 0 Å². The Morgan fingerprint density at radius 1 is 1.17 bits per heavy atom. The zero-order chi connectivity index (χ0) is 16.7. The quantitative estimate of drug-likeness (QED) is 0.939. The molecule has 1 aromatic heterocycles. The van der Waals surface area contributed by atoms with Crippen LogP contribution in [-0.4, -0.2) is 34.8 Å². The van der Waals surface area contributed by atoms with Gasteiger partial charge in [0.15, 0.2) is 11.5 Å². The molecule has 1 fully saturated rings. The van der Waals surface area contributed by atoms with Gasteiger partial charge in [0.1, 0.15) is 0 Å². The second kappa shape index (κ2) is 5.98. The first-order chi connectivity index (χ1) is 11.7. The fourth-order valence-electron chi connectivity index (χ4n) is 4.23. The first kappa shape index (κ1) is 15.3. The lowest BCUT2D eigenvalue weighted by molar-refractivity contribution is 0.113. The minimum absolute atomic E-state index is 0.112. The van der Waals surface area contributed by atoms with E-state index in [0.717, 1.165) is 37.3 Å². The SMILES string of the molecule is COc1cccc(CN2CC3CC(C2)c2cccc(=O)n2C3)c1O. The van der Waals surface area contributed by atoms with Gasteiger partial charge in [-0.25, -0.2) is 0 Å². The van der Waals surface area contributed by atoms with Gasteiger partial charge in [-0.2, -0.15) is 0 Å². The highest BCUT2D eigenvalue weighted by Gasteiger charge is 2.34. The Balaban J connectivity index is 1.58. The minimum atomic E-state index is 0.112. The normalized spacial score (nSPS) is 22.9. The van der Waals surface area contributed by atoms with Crippen molar-refractivity contribution < 1.29 is 9.84 Å². The van der Waals surface area contributed by atoms with Crippen LogP contribution in [0.3, 0.4) is 0 Å². The summed E-state index contributed by atoms with van der Waals surface area (Å²) in [6.07, 6.45) is 1.14. The summed E-state index contributed by atoms with van der Waals surface area (Å²) in [7, 11) is 1.57. The van der Waals surface area contributed by atoms with Gasteiger partial charge in [0.25, 0.3) is 5.56 Å². The van der Waals surface area contributed by atoms with Gasteiger partial charge in [-0.05, 0) is 24.5 Å². The maximum absolute atomic E-state index is 12.1. The second-order valence-corrected chi connectivity index (χ2v) is 6.86. The van der Waals surface area contributed by atoms with E-state index in [1.807, 2.05) is 22.8 Å². The molecule has 5 nitrogen and oxygen atoms in total. The number of nitrogens with zero attached hydrogens (tertiary/aromatic N) is 2. The van der Waals surface area contributed by atoms with E-state index in [1.54, 1.807) is 19.2 Å². The van der Waals surface area contributed by atoms with E-state index in [9.17, 15) is 9.90 Å². The van der Waals surface area contributed by atoms with Gasteiger partial charge in [0.2, 0.25) is 0 Å². The average Bonchev–Trinajstić information content (AvgIpc) is 2.58. The first-order valence-corrected chi connectivity index (χ1v) is 8.42. The van der Waals surface area contributed by atoms with Crippen LogP contribution in [0.15, 0.2) is 41.2 Å². The van der Waals surface area contributed by atoms with Crippen molar-refractivity contribution in [2.45, 2.75) is 25.4 Å². The van der Waals surface area contributed by atoms with Crippen LogP contribution in [0.5, 0.6) is 11.5 Å². The summed E-state index contributed by atoms with van der Waals surface area (Å²) in [5.41, 5.74) is 2.15. The molecule has 2 aliphatic heterocycles. The highest BCUT2D eigenvalue weighted by Crippen LogP contribution is 2.37. The van der Waals surface area contributed by atoms with Crippen LogP contribution in [0.1, 0.15) is 23.6 Å². The van der Waals surface area contributed by atoms with Gasteiger partial charge in [-0.1, -0.05) is 18.2 Å². The fraction of sp³-hybridized carbons (Fsp3) is 0.421. The maximum Gasteiger partial charge on any atom is 0.250 e. The number of likely N-dealkylation sites (tertiary alicyclic amines) is 1. The number of hydrogen-bond donors (Lipinski definition) is 1. The number of phenolic OH excluding ortho intramolecular Hbond substituents is 1. The Bertz CT molecular complexity index is 814. The average molecular weight is 326 g/mol. The molecule has 2 unspecified atom stereocenters. The third kappa shape index (κ3) is 2.59. The van der Waals surface area contributed by atoms with E-state index in [2.05, 4.69) is 11.0 Å². The largest absolute Gasteiger partial charge is 0.504 e. The van der Waals surface area contributed by atoms with Crippen molar-refractivity contribution in [2.75, 3.05) is 20.2 Å². The summed E-state index contributed by atoms with van der Waals surface area (Å²) in [4.78, 5) is 14.5. The topological polar surface area (TPSA) is 54.7 Å². The summed E-state index contributed by atoms with van der Waals surface area (Å²) < 4.78 is 7.15. The number of benzene rings is 1. The number of para-hydroxylation sites is 1. The lowest BCUT2D eigenvalue weighted by Crippen LogP contribution is -2.46. The molecule has 1 aromatic carbocycles. The smallest absolute Gasteiger partial charge is 0.250 e. The number of piperidine rings is 1. The number of ether oxygens (including phenoxy) is 1. The van der Waals surface area contributed by atoms with E-state index in [0.29, 0.717) is 24.1 Å². The minimum Gasteiger partial charge on any atom is -0.504 e. The molecule has 3 heterocycles. The van der Waals surface area contributed by atoms with E-state index >= 15 is 0 Å². The summed E-state index contributed by atoms with van der Waals surface area (Å²) in [6, 6.07) is 11.2. The Labute approximate surface area is 141 Å². The molecule has 2 bridgehead atoms. The maximum atomic E-state index is 12.1. The van der Waals surface area contributed by atoms with Crippen molar-refractivity contribution in [3.8, 4) is 11.5 Å². The third-order valence-electron chi connectivity index (χ3n) is 5.25. The van der Waals surface area contributed by atoms with Crippen molar-refractivity contribution in [3.63, 3.8) is 0 Å². The molecule has 1 saturated heterocycles. The summed E-state index contributed by atoms with van der Waals surface area (Å²) >= 11 is 0. The van der Waals surface area contributed by atoms with Gasteiger partial charge in [0.05, 0.1) is 7.11 Å². The molecule has 24 heavy (non-hydrogen) atoms. The molecule has 0 saturated carbocycles. The summed E-state index contributed by atoms with van der Waals surface area (Å²) in [6.45, 7) is 3.36. The van der Waals surface area contributed by atoms with E-state index in [4.69, 9.17) is 4.74 Å². The number of fused-ring (bicyclic) bond motifs is 4. The Kier molecular flexibility index (Phi) is 3.81.